The lowest BCUT2D eigenvalue weighted by Gasteiger charge is -2.34. The van der Waals surface area contributed by atoms with Gasteiger partial charge in [0.25, 0.3) is 16.1 Å². The molecule has 1 aliphatic rings. The number of rotatable bonds is 7. The van der Waals surface area contributed by atoms with Crippen LogP contribution in [0.15, 0.2) is 18.2 Å². The van der Waals surface area contributed by atoms with Gasteiger partial charge in [-0.2, -0.15) is 17.0 Å². The first kappa shape index (κ1) is 20.8. The van der Waals surface area contributed by atoms with E-state index in [0.29, 0.717) is 31.6 Å². The Kier molecular flexibility index (Phi) is 7.10. The maximum atomic E-state index is 13.6. The lowest BCUT2D eigenvalue weighted by Crippen LogP contribution is -2.50. The summed E-state index contributed by atoms with van der Waals surface area (Å²) in [4.78, 5) is 12.2. The fourth-order valence-corrected chi connectivity index (χ4v) is 4.11. The molecule has 26 heavy (non-hydrogen) atoms. The highest BCUT2D eigenvalue weighted by molar-refractivity contribution is 7.86. The topological polar surface area (TPSA) is 79.0 Å². The van der Waals surface area contributed by atoms with Crippen LogP contribution in [-0.2, 0) is 14.9 Å². The van der Waals surface area contributed by atoms with Crippen LogP contribution in [-0.4, -0.2) is 69.4 Å². The van der Waals surface area contributed by atoms with Crippen LogP contribution in [0.4, 0.5) is 4.39 Å². The number of benzene rings is 1. The van der Waals surface area contributed by atoms with Crippen molar-refractivity contribution >= 4 is 16.1 Å². The van der Waals surface area contributed by atoms with E-state index in [4.69, 9.17) is 4.74 Å². The summed E-state index contributed by atoms with van der Waals surface area (Å²) in [6.07, 6.45) is 1.23. The predicted octanol–water partition coefficient (Wildman–Crippen LogP) is 1.15. The molecule has 1 aromatic carbocycles. The molecule has 1 amide bonds. The van der Waals surface area contributed by atoms with Gasteiger partial charge in [-0.25, -0.2) is 4.39 Å². The summed E-state index contributed by atoms with van der Waals surface area (Å²) in [5.41, 5.74) is 0.672. The molecule has 0 aliphatic carbocycles. The third-order valence-corrected chi connectivity index (χ3v) is 6.40. The van der Waals surface area contributed by atoms with Gasteiger partial charge in [-0.05, 0) is 37.5 Å². The van der Waals surface area contributed by atoms with Gasteiger partial charge in [0.05, 0.1) is 0 Å². The fraction of sp³-hybridized carbons (Fsp3) is 0.588. The molecule has 1 N–H and O–H groups in total. The minimum Gasteiger partial charge on any atom is -0.381 e. The van der Waals surface area contributed by atoms with E-state index in [2.05, 4.69) is 5.32 Å². The molecule has 0 radical (unpaired) electrons. The van der Waals surface area contributed by atoms with Crippen molar-refractivity contribution in [2.75, 3.05) is 40.4 Å². The minimum atomic E-state index is -3.61. The van der Waals surface area contributed by atoms with Gasteiger partial charge in [-0.1, -0.05) is 6.07 Å². The highest BCUT2D eigenvalue weighted by atomic mass is 32.2. The molecule has 1 fully saturated rings. The Morgan fingerprint density at radius 2 is 1.96 bits per heavy atom. The second-order valence-corrected chi connectivity index (χ2v) is 8.56. The first-order valence-corrected chi connectivity index (χ1v) is 9.94. The second kappa shape index (κ2) is 8.90. The molecule has 9 heteroatoms. The van der Waals surface area contributed by atoms with Crippen LogP contribution in [0, 0.1) is 12.7 Å². The summed E-state index contributed by atoms with van der Waals surface area (Å²) in [7, 11) is -0.651. The van der Waals surface area contributed by atoms with Gasteiger partial charge in [0.2, 0.25) is 0 Å². The molecule has 0 aromatic heterocycles. The third kappa shape index (κ3) is 5.00. The standard InChI is InChI=1S/C17H26FN3O4S/c1-13-4-5-14(12-16(13)18)17(22)19-8-9-21(26(23,24)20(2)3)15-6-10-25-11-7-15/h4-5,12,15H,6-11H2,1-3H3,(H,19,22). The number of carbonyl (C=O) groups excluding carboxylic acids is 1. The molecule has 1 aliphatic heterocycles. The Labute approximate surface area is 154 Å². The molecule has 0 saturated carbocycles. The number of hydrogen-bond donors (Lipinski definition) is 1. The van der Waals surface area contributed by atoms with E-state index in [1.54, 1.807) is 13.0 Å². The first-order valence-electron chi connectivity index (χ1n) is 8.55. The van der Waals surface area contributed by atoms with Gasteiger partial charge in [0.15, 0.2) is 0 Å². The second-order valence-electron chi connectivity index (χ2n) is 6.46. The van der Waals surface area contributed by atoms with Crippen LogP contribution in [0.5, 0.6) is 0 Å². The van der Waals surface area contributed by atoms with Gasteiger partial charge in [-0.3, -0.25) is 4.79 Å². The van der Waals surface area contributed by atoms with E-state index in [1.165, 1.54) is 34.8 Å². The number of ether oxygens (including phenoxy) is 1. The number of carbonyl (C=O) groups is 1. The van der Waals surface area contributed by atoms with E-state index < -0.39 is 21.9 Å². The van der Waals surface area contributed by atoms with Crippen molar-refractivity contribution in [3.8, 4) is 0 Å². The average Bonchev–Trinajstić information content (AvgIpc) is 2.61. The van der Waals surface area contributed by atoms with Crippen molar-refractivity contribution < 1.29 is 22.3 Å². The van der Waals surface area contributed by atoms with Crippen molar-refractivity contribution in [2.45, 2.75) is 25.8 Å². The maximum absolute atomic E-state index is 13.6. The van der Waals surface area contributed by atoms with Crippen LogP contribution in [0.3, 0.4) is 0 Å². The lowest BCUT2D eigenvalue weighted by atomic mass is 10.1. The molecule has 146 valence electrons. The molecule has 0 spiro atoms. The summed E-state index contributed by atoms with van der Waals surface area (Å²) < 4.78 is 46.7. The zero-order valence-electron chi connectivity index (χ0n) is 15.4. The van der Waals surface area contributed by atoms with Gasteiger partial charge in [0.1, 0.15) is 5.82 Å². The summed E-state index contributed by atoms with van der Waals surface area (Å²) in [5, 5.41) is 2.66. The molecule has 0 bridgehead atoms. The number of nitrogens with zero attached hydrogens (tertiary/aromatic N) is 2. The van der Waals surface area contributed by atoms with Crippen molar-refractivity contribution in [1.29, 1.82) is 0 Å². The van der Waals surface area contributed by atoms with Crippen LogP contribution in [0.2, 0.25) is 0 Å². The van der Waals surface area contributed by atoms with E-state index in [-0.39, 0.29) is 24.7 Å². The molecule has 1 saturated heterocycles. The number of aryl methyl sites for hydroxylation is 1. The van der Waals surface area contributed by atoms with Crippen LogP contribution in [0.1, 0.15) is 28.8 Å². The molecule has 7 nitrogen and oxygen atoms in total. The highest BCUT2D eigenvalue weighted by Crippen LogP contribution is 2.19. The summed E-state index contributed by atoms with van der Waals surface area (Å²) in [6, 6.07) is 4.09. The summed E-state index contributed by atoms with van der Waals surface area (Å²) >= 11 is 0. The molecular weight excluding hydrogens is 361 g/mol. The van der Waals surface area contributed by atoms with E-state index in [0.717, 1.165) is 0 Å². The van der Waals surface area contributed by atoms with Gasteiger partial charge >= 0.3 is 0 Å². The van der Waals surface area contributed by atoms with Crippen LogP contribution < -0.4 is 5.32 Å². The Hall–Kier alpha value is -1.55. The van der Waals surface area contributed by atoms with Gasteiger partial charge in [0, 0.05) is 52.0 Å². The van der Waals surface area contributed by atoms with Crippen molar-refractivity contribution in [3.05, 3.63) is 35.1 Å². The predicted molar refractivity (Wildman–Crippen MR) is 96.6 cm³/mol. The monoisotopic (exact) mass is 387 g/mol. The van der Waals surface area contributed by atoms with Crippen LogP contribution in [0.25, 0.3) is 0 Å². The molecule has 1 aromatic rings. The first-order chi connectivity index (χ1) is 12.2. The van der Waals surface area contributed by atoms with Gasteiger partial charge < -0.3 is 10.1 Å². The molecule has 2 rings (SSSR count). The van der Waals surface area contributed by atoms with E-state index in [9.17, 15) is 17.6 Å². The summed E-state index contributed by atoms with van der Waals surface area (Å²) in [5.74, 6) is -0.880. The van der Waals surface area contributed by atoms with E-state index >= 15 is 0 Å². The quantitative estimate of drug-likeness (QED) is 0.761. The van der Waals surface area contributed by atoms with Gasteiger partial charge in [-0.15, -0.1) is 0 Å². The number of amides is 1. The third-order valence-electron chi connectivity index (χ3n) is 4.41. The largest absolute Gasteiger partial charge is 0.381 e. The molecule has 0 atom stereocenters. The fourth-order valence-electron chi connectivity index (χ4n) is 2.78. The van der Waals surface area contributed by atoms with Crippen molar-refractivity contribution in [2.24, 2.45) is 0 Å². The van der Waals surface area contributed by atoms with Crippen molar-refractivity contribution in [1.82, 2.24) is 13.9 Å². The Morgan fingerprint density at radius 1 is 1.31 bits per heavy atom. The molecular formula is C17H26FN3O4S. The minimum absolute atomic E-state index is 0.138. The number of halogens is 1. The highest BCUT2D eigenvalue weighted by Gasteiger charge is 2.32. The Morgan fingerprint density at radius 3 is 2.54 bits per heavy atom. The Balaban J connectivity index is 2.02. The molecule has 0 unspecified atom stereocenters. The Bertz CT molecular complexity index is 734. The van der Waals surface area contributed by atoms with Crippen molar-refractivity contribution in [3.63, 3.8) is 0 Å². The van der Waals surface area contributed by atoms with E-state index in [1.807, 2.05) is 0 Å². The van der Waals surface area contributed by atoms with Crippen LogP contribution >= 0.6 is 0 Å². The smallest absolute Gasteiger partial charge is 0.281 e. The lowest BCUT2D eigenvalue weighted by molar-refractivity contribution is 0.0571. The molecule has 1 heterocycles. The number of nitrogens with one attached hydrogen (secondary N) is 1. The normalized spacial score (nSPS) is 16.2. The zero-order chi connectivity index (χ0) is 19.3. The SMILES string of the molecule is Cc1ccc(C(=O)NCCN(C2CCOCC2)S(=O)(=O)N(C)C)cc1F. The number of hydrogen-bond acceptors (Lipinski definition) is 4. The average molecular weight is 387 g/mol. The zero-order valence-corrected chi connectivity index (χ0v) is 16.2. The summed E-state index contributed by atoms with van der Waals surface area (Å²) in [6.45, 7) is 2.93. The maximum Gasteiger partial charge on any atom is 0.281 e.